The van der Waals surface area contributed by atoms with Gasteiger partial charge in [0.15, 0.2) is 34.5 Å². The highest BCUT2D eigenvalue weighted by atomic mass is 16.3. The van der Waals surface area contributed by atoms with Gasteiger partial charge in [-0.1, -0.05) is 24.3 Å². The van der Waals surface area contributed by atoms with Crippen LogP contribution >= 0.6 is 0 Å². The van der Waals surface area contributed by atoms with Crippen LogP contribution in [0, 0.1) is 11.8 Å². The molecule has 246 valence electrons. The molecule has 0 amide bonds. The van der Waals surface area contributed by atoms with Crippen LogP contribution in [0.15, 0.2) is 60.7 Å². The summed E-state index contributed by atoms with van der Waals surface area (Å²) in [6.07, 6.45) is 3.91. The van der Waals surface area contributed by atoms with Crippen LogP contribution in [0.2, 0.25) is 0 Å². The van der Waals surface area contributed by atoms with E-state index in [2.05, 4.69) is 0 Å². The van der Waals surface area contributed by atoms with E-state index >= 15 is 0 Å². The lowest BCUT2D eigenvalue weighted by atomic mass is 9.80. The largest absolute Gasteiger partial charge is 0.508 e. The zero-order valence-electron chi connectivity index (χ0n) is 25.5. The van der Waals surface area contributed by atoms with E-state index in [0.717, 1.165) is 11.1 Å². The number of aryl methyl sites for hydroxylation is 4. The van der Waals surface area contributed by atoms with Crippen molar-refractivity contribution in [2.75, 3.05) is 13.2 Å². The zero-order chi connectivity index (χ0) is 33.4. The highest BCUT2D eigenvalue weighted by Gasteiger charge is 2.23. The first-order chi connectivity index (χ1) is 22.0. The molecule has 0 aliphatic heterocycles. The first-order valence-electron chi connectivity index (χ1n) is 15.3. The van der Waals surface area contributed by atoms with Gasteiger partial charge in [-0.2, -0.15) is 0 Å². The monoisotopic (exact) mass is 634 g/mol. The van der Waals surface area contributed by atoms with Crippen molar-refractivity contribution in [3.63, 3.8) is 0 Å². The Morgan fingerprint density at radius 3 is 1.20 bits per heavy atom. The van der Waals surface area contributed by atoms with Crippen molar-refractivity contribution < 1.29 is 51.1 Å². The average molecular weight is 635 g/mol. The SMILES string of the molecule is OCCC[C@@H](Cc1ccc(CCc2cc(O)c(O)c(O)c2)c(O)c1)[C@@H](CO)Cc1ccc(CCc2cc(O)c(O)c(O)c2)c(O)c1. The summed E-state index contributed by atoms with van der Waals surface area (Å²) in [4.78, 5) is 0. The molecule has 0 bridgehead atoms. The molecule has 10 nitrogen and oxygen atoms in total. The second-order valence-corrected chi connectivity index (χ2v) is 11.9. The Morgan fingerprint density at radius 2 is 0.826 bits per heavy atom. The number of rotatable bonds is 15. The number of aliphatic hydroxyl groups excluding tert-OH is 2. The molecule has 0 fully saturated rings. The van der Waals surface area contributed by atoms with Gasteiger partial charge in [-0.05, 0) is 133 Å². The van der Waals surface area contributed by atoms with Gasteiger partial charge in [-0.3, -0.25) is 0 Å². The Morgan fingerprint density at radius 1 is 0.435 bits per heavy atom. The summed E-state index contributed by atoms with van der Waals surface area (Å²) < 4.78 is 0. The molecule has 2 atom stereocenters. The fourth-order valence-electron chi connectivity index (χ4n) is 5.91. The fourth-order valence-corrected chi connectivity index (χ4v) is 5.91. The molecule has 4 rings (SSSR count). The number of phenolic OH excluding ortho intramolecular Hbond substituents is 8. The molecule has 4 aromatic rings. The highest BCUT2D eigenvalue weighted by Crippen LogP contribution is 2.37. The topological polar surface area (TPSA) is 202 Å². The lowest BCUT2D eigenvalue weighted by Gasteiger charge is -2.26. The predicted molar refractivity (Wildman–Crippen MR) is 172 cm³/mol. The van der Waals surface area contributed by atoms with Gasteiger partial charge in [0.1, 0.15) is 11.5 Å². The number of hydrogen-bond donors (Lipinski definition) is 10. The van der Waals surface area contributed by atoms with Gasteiger partial charge >= 0.3 is 0 Å². The minimum absolute atomic E-state index is 0.00721. The molecule has 0 saturated carbocycles. The summed E-state index contributed by atoms with van der Waals surface area (Å²) in [5.74, 6) is -2.83. The van der Waals surface area contributed by atoms with E-state index in [4.69, 9.17) is 0 Å². The first-order valence-corrected chi connectivity index (χ1v) is 15.3. The summed E-state index contributed by atoms with van der Waals surface area (Å²) in [6, 6.07) is 16.2. The maximum Gasteiger partial charge on any atom is 0.200 e. The Kier molecular flexibility index (Phi) is 11.5. The summed E-state index contributed by atoms with van der Waals surface area (Å²) in [5, 5.41) is 99.5. The van der Waals surface area contributed by atoms with Crippen molar-refractivity contribution in [1.29, 1.82) is 0 Å². The van der Waals surface area contributed by atoms with E-state index in [-0.39, 0.29) is 36.5 Å². The Hall–Kier alpha value is -4.80. The standard InChI is InChI=1S/C36H42O10/c37-11-1-2-27(12-21-3-7-25(29(39)14-21)9-5-23-16-31(41)35(45)32(42)17-23)28(20-38)13-22-4-8-26(30(40)15-22)10-6-24-18-33(43)36(46)34(44)19-24/h3-4,7-8,14-19,27-28,37-46H,1-2,5-6,9-13,20H2/t27-,28+/m0/s1. The number of hydrogen-bond acceptors (Lipinski definition) is 10. The molecule has 10 N–H and O–H groups in total. The predicted octanol–water partition coefficient (Wildman–Crippen LogP) is 4.68. The van der Waals surface area contributed by atoms with Crippen LogP contribution < -0.4 is 0 Å². The van der Waals surface area contributed by atoms with Crippen LogP contribution in [0.4, 0.5) is 0 Å². The Bertz CT molecular complexity index is 1590. The molecular formula is C36H42O10. The summed E-state index contributed by atoms with van der Waals surface area (Å²) in [5.41, 5.74) is 4.24. The van der Waals surface area contributed by atoms with Crippen molar-refractivity contribution in [2.24, 2.45) is 11.8 Å². The molecular weight excluding hydrogens is 592 g/mol. The van der Waals surface area contributed by atoms with Crippen molar-refractivity contribution >= 4 is 0 Å². The van der Waals surface area contributed by atoms with Crippen molar-refractivity contribution in [1.82, 2.24) is 0 Å². The molecule has 0 aliphatic rings. The number of benzene rings is 4. The third-order valence-corrected chi connectivity index (χ3v) is 8.55. The normalized spacial score (nSPS) is 12.7. The van der Waals surface area contributed by atoms with Crippen molar-refractivity contribution in [2.45, 2.75) is 51.4 Å². The quantitative estimate of drug-likeness (QED) is 0.0818. The highest BCUT2D eigenvalue weighted by molar-refractivity contribution is 5.52. The van der Waals surface area contributed by atoms with Crippen LogP contribution in [0.3, 0.4) is 0 Å². The van der Waals surface area contributed by atoms with Gasteiger partial charge in [-0.15, -0.1) is 0 Å². The molecule has 0 aromatic heterocycles. The third kappa shape index (κ3) is 8.68. The van der Waals surface area contributed by atoms with Crippen LogP contribution in [-0.4, -0.2) is 64.3 Å². The number of phenols is 8. The van der Waals surface area contributed by atoms with Gasteiger partial charge in [0.05, 0.1) is 0 Å². The average Bonchev–Trinajstić information content (AvgIpc) is 3.02. The third-order valence-electron chi connectivity index (χ3n) is 8.55. The smallest absolute Gasteiger partial charge is 0.200 e. The lowest BCUT2D eigenvalue weighted by Crippen LogP contribution is -2.23. The van der Waals surface area contributed by atoms with Crippen molar-refractivity contribution in [3.8, 4) is 46.0 Å². The van der Waals surface area contributed by atoms with Gasteiger partial charge < -0.3 is 51.1 Å². The second-order valence-electron chi connectivity index (χ2n) is 11.9. The van der Waals surface area contributed by atoms with Gasteiger partial charge in [0.25, 0.3) is 0 Å². The van der Waals surface area contributed by atoms with Gasteiger partial charge in [0.2, 0.25) is 0 Å². The lowest BCUT2D eigenvalue weighted by molar-refractivity contribution is 0.158. The van der Waals surface area contributed by atoms with Crippen LogP contribution in [0.1, 0.15) is 46.2 Å². The molecule has 0 heterocycles. The first kappa shape index (κ1) is 34.1. The summed E-state index contributed by atoms with van der Waals surface area (Å²) in [7, 11) is 0. The fraction of sp³-hybridized carbons (Fsp3) is 0.333. The Balaban J connectivity index is 1.41. The van der Waals surface area contributed by atoms with Crippen LogP contribution in [-0.2, 0) is 38.5 Å². The van der Waals surface area contributed by atoms with E-state index in [0.29, 0.717) is 73.6 Å². The minimum Gasteiger partial charge on any atom is -0.508 e. The Labute approximate surface area is 267 Å². The molecule has 0 aliphatic carbocycles. The van der Waals surface area contributed by atoms with E-state index in [9.17, 15) is 51.1 Å². The number of aromatic hydroxyl groups is 8. The van der Waals surface area contributed by atoms with E-state index < -0.39 is 34.5 Å². The number of aliphatic hydroxyl groups is 2. The van der Waals surface area contributed by atoms with Crippen LogP contribution in [0.25, 0.3) is 0 Å². The van der Waals surface area contributed by atoms with E-state index in [1.165, 1.54) is 24.3 Å². The molecule has 4 aromatic carbocycles. The summed E-state index contributed by atoms with van der Waals surface area (Å²) in [6.45, 7) is -0.101. The molecule has 0 unspecified atom stereocenters. The molecule has 0 saturated heterocycles. The molecule has 46 heavy (non-hydrogen) atoms. The molecule has 0 radical (unpaired) electrons. The van der Waals surface area contributed by atoms with Gasteiger partial charge in [0, 0.05) is 13.2 Å². The maximum absolute atomic E-state index is 10.8. The summed E-state index contributed by atoms with van der Waals surface area (Å²) >= 11 is 0. The molecule has 0 spiro atoms. The van der Waals surface area contributed by atoms with Gasteiger partial charge in [-0.25, -0.2) is 0 Å². The van der Waals surface area contributed by atoms with Crippen molar-refractivity contribution in [3.05, 3.63) is 94.0 Å². The van der Waals surface area contributed by atoms with E-state index in [1.807, 2.05) is 18.2 Å². The maximum atomic E-state index is 10.8. The zero-order valence-corrected chi connectivity index (χ0v) is 25.5. The second kappa shape index (κ2) is 15.5. The minimum atomic E-state index is -0.576. The van der Waals surface area contributed by atoms with Crippen LogP contribution in [0.5, 0.6) is 46.0 Å². The molecule has 10 heteroatoms. The van der Waals surface area contributed by atoms with E-state index in [1.54, 1.807) is 18.2 Å².